The van der Waals surface area contributed by atoms with Crippen LogP contribution in [-0.2, 0) is 4.79 Å². The Labute approximate surface area is 115 Å². The van der Waals surface area contributed by atoms with E-state index < -0.39 is 5.97 Å². The average molecular weight is 270 g/mol. The predicted molar refractivity (Wildman–Crippen MR) is 74.0 cm³/mol. The molecule has 1 aliphatic rings. The van der Waals surface area contributed by atoms with Crippen molar-refractivity contribution < 1.29 is 14.7 Å². The molecule has 1 fully saturated rings. The van der Waals surface area contributed by atoms with Crippen LogP contribution in [0, 0.1) is 11.3 Å². The highest BCUT2D eigenvalue weighted by molar-refractivity contribution is 5.73. The van der Waals surface area contributed by atoms with Gasteiger partial charge in [-0.1, -0.05) is 26.7 Å². The van der Waals surface area contributed by atoms with Crippen LogP contribution in [0.1, 0.15) is 52.4 Å². The minimum absolute atomic E-state index is 0.142. The first-order chi connectivity index (χ1) is 8.93. The zero-order chi connectivity index (χ0) is 14.3. The molecule has 5 nitrogen and oxygen atoms in total. The second-order valence-corrected chi connectivity index (χ2v) is 6.01. The quantitative estimate of drug-likeness (QED) is 0.621. The molecule has 0 aromatic rings. The van der Waals surface area contributed by atoms with E-state index in [0.717, 1.165) is 6.54 Å². The summed E-state index contributed by atoms with van der Waals surface area (Å²) in [7, 11) is 0. The molecule has 0 saturated heterocycles. The lowest BCUT2D eigenvalue weighted by atomic mass is 9.89. The number of aliphatic carboxylic acids is 1. The molecule has 19 heavy (non-hydrogen) atoms. The van der Waals surface area contributed by atoms with Crippen molar-refractivity contribution in [2.45, 2.75) is 52.4 Å². The number of hydrogen-bond donors (Lipinski definition) is 3. The molecule has 1 atom stereocenters. The number of carboxylic acid groups (broad SMARTS) is 1. The van der Waals surface area contributed by atoms with Crippen LogP contribution >= 0.6 is 0 Å². The Morgan fingerprint density at radius 3 is 2.47 bits per heavy atom. The van der Waals surface area contributed by atoms with Gasteiger partial charge in [0.1, 0.15) is 0 Å². The van der Waals surface area contributed by atoms with E-state index in [4.69, 9.17) is 5.11 Å². The lowest BCUT2D eigenvalue weighted by Gasteiger charge is -2.23. The summed E-state index contributed by atoms with van der Waals surface area (Å²) in [5.41, 5.74) is 0.259. The summed E-state index contributed by atoms with van der Waals surface area (Å²) < 4.78 is 0. The van der Waals surface area contributed by atoms with Gasteiger partial charge in [0.2, 0.25) is 0 Å². The standard InChI is InChI=1S/C14H26N2O3/c1-11(12(17)18)6-5-9-15-13(19)16-10-14(2)7-3-4-8-14/h11H,3-10H2,1-2H3,(H,17,18)(H2,15,16,19). The topological polar surface area (TPSA) is 78.4 Å². The first kappa shape index (κ1) is 15.8. The average Bonchev–Trinajstić information content (AvgIpc) is 2.79. The molecule has 5 heteroatoms. The van der Waals surface area contributed by atoms with Crippen LogP contribution in [0.25, 0.3) is 0 Å². The second kappa shape index (κ2) is 7.36. The van der Waals surface area contributed by atoms with Gasteiger partial charge in [-0.15, -0.1) is 0 Å². The summed E-state index contributed by atoms with van der Waals surface area (Å²) in [6.45, 7) is 5.16. The molecule has 0 bridgehead atoms. The van der Waals surface area contributed by atoms with Crippen molar-refractivity contribution in [3.8, 4) is 0 Å². The number of hydrogen-bond acceptors (Lipinski definition) is 2. The highest BCUT2D eigenvalue weighted by Crippen LogP contribution is 2.36. The third kappa shape index (κ3) is 5.94. The molecule has 0 heterocycles. The van der Waals surface area contributed by atoms with Crippen LogP contribution in [0.4, 0.5) is 4.79 Å². The monoisotopic (exact) mass is 270 g/mol. The molecule has 0 aromatic heterocycles. The third-order valence-electron chi connectivity index (χ3n) is 4.01. The van der Waals surface area contributed by atoms with Crippen LogP contribution in [0.3, 0.4) is 0 Å². The van der Waals surface area contributed by atoms with Crippen LogP contribution < -0.4 is 10.6 Å². The van der Waals surface area contributed by atoms with E-state index in [1.165, 1.54) is 25.7 Å². The fourth-order valence-electron chi connectivity index (χ4n) is 2.50. The van der Waals surface area contributed by atoms with E-state index in [0.29, 0.717) is 19.4 Å². The molecule has 1 rings (SSSR count). The smallest absolute Gasteiger partial charge is 0.314 e. The first-order valence-corrected chi connectivity index (χ1v) is 7.17. The van der Waals surface area contributed by atoms with Gasteiger partial charge in [0.25, 0.3) is 0 Å². The van der Waals surface area contributed by atoms with Gasteiger partial charge in [0.05, 0.1) is 5.92 Å². The summed E-state index contributed by atoms with van der Waals surface area (Å²) in [5.74, 6) is -1.12. The largest absolute Gasteiger partial charge is 0.481 e. The van der Waals surface area contributed by atoms with Gasteiger partial charge in [-0.25, -0.2) is 4.79 Å². The Hall–Kier alpha value is -1.26. The maximum atomic E-state index is 11.6. The van der Waals surface area contributed by atoms with Gasteiger partial charge in [-0.3, -0.25) is 4.79 Å². The van der Waals surface area contributed by atoms with Crippen molar-refractivity contribution in [3.63, 3.8) is 0 Å². The molecular formula is C14H26N2O3. The Morgan fingerprint density at radius 1 is 1.26 bits per heavy atom. The molecule has 0 aliphatic heterocycles. The van der Waals surface area contributed by atoms with Gasteiger partial charge in [-0.05, 0) is 31.1 Å². The van der Waals surface area contributed by atoms with E-state index in [9.17, 15) is 9.59 Å². The molecule has 0 aromatic carbocycles. The Bertz CT molecular complexity index is 312. The molecule has 110 valence electrons. The molecule has 1 unspecified atom stereocenters. The van der Waals surface area contributed by atoms with Crippen LogP contribution in [-0.4, -0.2) is 30.2 Å². The lowest BCUT2D eigenvalue weighted by molar-refractivity contribution is -0.141. The summed E-state index contributed by atoms with van der Waals surface area (Å²) in [6, 6.07) is -0.142. The van der Waals surface area contributed by atoms with Crippen molar-refractivity contribution in [3.05, 3.63) is 0 Å². The molecule has 0 radical (unpaired) electrons. The molecule has 3 N–H and O–H groups in total. The van der Waals surface area contributed by atoms with E-state index in [2.05, 4.69) is 17.6 Å². The predicted octanol–water partition coefficient (Wildman–Crippen LogP) is 2.37. The summed E-state index contributed by atoms with van der Waals surface area (Å²) in [4.78, 5) is 22.2. The van der Waals surface area contributed by atoms with Crippen molar-refractivity contribution in [2.24, 2.45) is 11.3 Å². The van der Waals surface area contributed by atoms with Gasteiger partial charge in [0, 0.05) is 13.1 Å². The summed E-state index contributed by atoms with van der Waals surface area (Å²) in [6.07, 6.45) is 6.16. The Kier molecular flexibility index (Phi) is 6.12. The highest BCUT2D eigenvalue weighted by Gasteiger charge is 2.28. The van der Waals surface area contributed by atoms with Gasteiger partial charge < -0.3 is 15.7 Å². The summed E-state index contributed by atoms with van der Waals surface area (Å²) >= 11 is 0. The van der Waals surface area contributed by atoms with Gasteiger partial charge in [0.15, 0.2) is 0 Å². The number of carboxylic acids is 1. The van der Waals surface area contributed by atoms with Crippen molar-refractivity contribution in [2.75, 3.05) is 13.1 Å². The zero-order valence-corrected chi connectivity index (χ0v) is 12.0. The number of urea groups is 1. The fourth-order valence-corrected chi connectivity index (χ4v) is 2.50. The van der Waals surface area contributed by atoms with Crippen molar-refractivity contribution in [1.82, 2.24) is 10.6 Å². The SMILES string of the molecule is CC(CCCNC(=O)NCC1(C)CCCC1)C(=O)O. The van der Waals surface area contributed by atoms with E-state index >= 15 is 0 Å². The fraction of sp³-hybridized carbons (Fsp3) is 0.857. The van der Waals surface area contributed by atoms with Crippen LogP contribution in [0.15, 0.2) is 0 Å². The second-order valence-electron chi connectivity index (χ2n) is 6.01. The maximum absolute atomic E-state index is 11.6. The molecule has 2 amide bonds. The highest BCUT2D eigenvalue weighted by atomic mass is 16.4. The number of nitrogens with one attached hydrogen (secondary N) is 2. The number of rotatable bonds is 7. The lowest BCUT2D eigenvalue weighted by Crippen LogP contribution is -2.41. The number of carbonyl (C=O) groups excluding carboxylic acids is 1. The first-order valence-electron chi connectivity index (χ1n) is 7.17. The normalized spacial score (nSPS) is 18.8. The molecule has 1 aliphatic carbocycles. The maximum Gasteiger partial charge on any atom is 0.314 e. The van der Waals surface area contributed by atoms with Crippen LogP contribution in [0.2, 0.25) is 0 Å². The minimum Gasteiger partial charge on any atom is -0.481 e. The van der Waals surface area contributed by atoms with E-state index in [1.54, 1.807) is 6.92 Å². The van der Waals surface area contributed by atoms with Crippen LogP contribution in [0.5, 0.6) is 0 Å². The summed E-state index contributed by atoms with van der Waals surface area (Å²) in [5, 5.41) is 14.4. The minimum atomic E-state index is -0.779. The Morgan fingerprint density at radius 2 is 1.89 bits per heavy atom. The van der Waals surface area contributed by atoms with E-state index in [-0.39, 0.29) is 17.4 Å². The number of amides is 2. The number of carbonyl (C=O) groups is 2. The third-order valence-corrected chi connectivity index (χ3v) is 4.01. The zero-order valence-electron chi connectivity index (χ0n) is 12.0. The van der Waals surface area contributed by atoms with Crippen molar-refractivity contribution >= 4 is 12.0 Å². The van der Waals surface area contributed by atoms with E-state index in [1.807, 2.05) is 0 Å². The van der Waals surface area contributed by atoms with Crippen molar-refractivity contribution in [1.29, 1.82) is 0 Å². The van der Waals surface area contributed by atoms with Gasteiger partial charge >= 0.3 is 12.0 Å². The van der Waals surface area contributed by atoms with Gasteiger partial charge in [-0.2, -0.15) is 0 Å². The molecular weight excluding hydrogens is 244 g/mol. The molecule has 1 saturated carbocycles. The molecule has 0 spiro atoms. The Balaban J connectivity index is 2.06.